The maximum Gasteiger partial charge on any atom is 0.329 e. The molecule has 1 spiro atoms. The summed E-state index contributed by atoms with van der Waals surface area (Å²) in [6, 6.07) is 7.66. The highest BCUT2D eigenvalue weighted by Gasteiger charge is 2.42. The number of hydrogen-bond donors (Lipinski definition) is 2. The summed E-state index contributed by atoms with van der Waals surface area (Å²) in [6.45, 7) is -0.722. The van der Waals surface area contributed by atoms with Crippen LogP contribution >= 0.6 is 0 Å². The van der Waals surface area contributed by atoms with Crippen LogP contribution in [0, 0.1) is 0 Å². The molecule has 1 atom stereocenters. The number of para-hydroxylation sites is 1. The zero-order chi connectivity index (χ0) is 17.0. The second kappa shape index (κ2) is 7.21. The lowest BCUT2D eigenvalue weighted by molar-refractivity contribution is -0.143. The lowest BCUT2D eigenvalue weighted by Crippen LogP contribution is -2.47. The molecule has 3 rings (SSSR count). The zero-order valence-electron chi connectivity index (χ0n) is 13.6. The van der Waals surface area contributed by atoms with Gasteiger partial charge in [0.05, 0.1) is 6.04 Å². The molecule has 2 aliphatic rings. The fraction of sp³-hybridized carbons (Fsp3) is 0.556. The number of aliphatic carboxylic acids is 1. The van der Waals surface area contributed by atoms with Crippen molar-refractivity contribution in [3.05, 3.63) is 29.8 Å². The first kappa shape index (κ1) is 16.8. The molecule has 0 radical (unpaired) electrons. The Bertz CT molecular complexity index is 609. The first-order valence-corrected chi connectivity index (χ1v) is 8.45. The van der Waals surface area contributed by atoms with Gasteiger partial charge in [-0.2, -0.15) is 0 Å². The molecular formula is C18H23NO5. The molecule has 6 heteroatoms. The van der Waals surface area contributed by atoms with Crippen molar-refractivity contribution in [3.63, 3.8) is 0 Å². The Morgan fingerprint density at radius 1 is 1.21 bits per heavy atom. The number of carbonyl (C=O) groups excluding carboxylic acids is 1. The summed E-state index contributed by atoms with van der Waals surface area (Å²) in [5.41, 5.74) is 0.771. The fourth-order valence-electron chi connectivity index (χ4n) is 3.72. The van der Waals surface area contributed by atoms with Gasteiger partial charge in [0.25, 0.3) is 0 Å². The smallest absolute Gasteiger partial charge is 0.329 e. The topological polar surface area (TPSA) is 84.9 Å². The van der Waals surface area contributed by atoms with Crippen LogP contribution in [0.1, 0.15) is 50.1 Å². The monoisotopic (exact) mass is 333 g/mol. The van der Waals surface area contributed by atoms with E-state index in [1.807, 2.05) is 24.3 Å². The van der Waals surface area contributed by atoms with Gasteiger partial charge in [0.2, 0.25) is 5.91 Å². The standard InChI is InChI=1S/C18H23NO5/c20-16(11-23-12-17(21)22)19-14-10-18(8-4-1-5-9-18)24-15-7-3-2-6-13(14)15/h2-3,6-7,14H,1,4-5,8-12H2,(H,19,20)(H,21,22). The van der Waals surface area contributed by atoms with E-state index in [2.05, 4.69) is 5.32 Å². The molecule has 0 saturated heterocycles. The molecule has 0 bridgehead atoms. The van der Waals surface area contributed by atoms with Crippen LogP contribution in [-0.4, -0.2) is 35.8 Å². The summed E-state index contributed by atoms with van der Waals surface area (Å²) >= 11 is 0. The van der Waals surface area contributed by atoms with Gasteiger partial charge in [-0.25, -0.2) is 4.79 Å². The summed E-state index contributed by atoms with van der Waals surface area (Å²) in [4.78, 5) is 22.6. The van der Waals surface area contributed by atoms with E-state index >= 15 is 0 Å². The molecule has 1 aliphatic carbocycles. The van der Waals surface area contributed by atoms with Crippen molar-refractivity contribution in [3.8, 4) is 5.75 Å². The van der Waals surface area contributed by atoms with Crippen LogP contribution < -0.4 is 10.1 Å². The van der Waals surface area contributed by atoms with Crippen LogP contribution in [0.4, 0.5) is 0 Å². The zero-order valence-corrected chi connectivity index (χ0v) is 13.6. The Labute approximate surface area is 141 Å². The molecule has 0 aromatic heterocycles. The third-order valence-corrected chi connectivity index (χ3v) is 4.76. The molecule has 6 nitrogen and oxygen atoms in total. The van der Waals surface area contributed by atoms with Crippen molar-refractivity contribution in [2.45, 2.75) is 50.2 Å². The first-order chi connectivity index (χ1) is 11.6. The quantitative estimate of drug-likeness (QED) is 0.864. The van der Waals surface area contributed by atoms with E-state index < -0.39 is 12.6 Å². The van der Waals surface area contributed by atoms with Gasteiger partial charge in [0, 0.05) is 12.0 Å². The van der Waals surface area contributed by atoms with E-state index in [1.165, 1.54) is 6.42 Å². The van der Waals surface area contributed by atoms with E-state index in [-0.39, 0.29) is 24.2 Å². The molecular weight excluding hydrogens is 310 g/mol. The Morgan fingerprint density at radius 2 is 1.96 bits per heavy atom. The van der Waals surface area contributed by atoms with Crippen LogP contribution in [0.3, 0.4) is 0 Å². The van der Waals surface area contributed by atoms with Crippen LogP contribution in [0.5, 0.6) is 5.75 Å². The third kappa shape index (κ3) is 3.87. The van der Waals surface area contributed by atoms with E-state index in [0.29, 0.717) is 0 Å². The van der Waals surface area contributed by atoms with E-state index in [9.17, 15) is 9.59 Å². The predicted molar refractivity (Wildman–Crippen MR) is 86.8 cm³/mol. The van der Waals surface area contributed by atoms with Gasteiger partial charge in [0.15, 0.2) is 0 Å². The number of benzene rings is 1. The van der Waals surface area contributed by atoms with Crippen molar-refractivity contribution >= 4 is 11.9 Å². The summed E-state index contributed by atoms with van der Waals surface area (Å²) < 4.78 is 11.2. The number of hydrogen-bond acceptors (Lipinski definition) is 4. The summed E-state index contributed by atoms with van der Waals surface area (Å²) in [7, 11) is 0. The molecule has 2 N–H and O–H groups in total. The van der Waals surface area contributed by atoms with Crippen molar-refractivity contribution in [1.29, 1.82) is 0 Å². The molecule has 130 valence electrons. The number of fused-ring (bicyclic) bond motifs is 1. The maximum absolute atomic E-state index is 12.1. The minimum Gasteiger partial charge on any atom is -0.487 e. The minimum atomic E-state index is -1.08. The lowest BCUT2D eigenvalue weighted by Gasteiger charge is -2.44. The lowest BCUT2D eigenvalue weighted by atomic mass is 9.77. The second-order valence-corrected chi connectivity index (χ2v) is 6.59. The van der Waals surface area contributed by atoms with Crippen molar-refractivity contribution in [1.82, 2.24) is 5.32 Å². The summed E-state index contributed by atoms with van der Waals surface area (Å²) in [6.07, 6.45) is 6.27. The van der Waals surface area contributed by atoms with Crippen molar-refractivity contribution < 1.29 is 24.2 Å². The normalized spacial score (nSPS) is 21.6. The first-order valence-electron chi connectivity index (χ1n) is 8.45. The summed E-state index contributed by atoms with van der Waals surface area (Å²) in [5.74, 6) is -0.549. The van der Waals surface area contributed by atoms with Crippen LogP contribution in [0.15, 0.2) is 24.3 Å². The number of amides is 1. The van der Waals surface area contributed by atoms with Gasteiger partial charge in [-0.1, -0.05) is 24.6 Å². The minimum absolute atomic E-state index is 0.131. The van der Waals surface area contributed by atoms with Gasteiger partial charge in [-0.3, -0.25) is 4.79 Å². The number of carbonyl (C=O) groups is 2. The third-order valence-electron chi connectivity index (χ3n) is 4.76. The predicted octanol–water partition coefficient (Wildman–Crippen LogP) is 2.43. The number of carboxylic acid groups (broad SMARTS) is 1. The number of nitrogens with one attached hydrogen (secondary N) is 1. The molecule has 1 fully saturated rings. The molecule has 1 saturated carbocycles. The average molecular weight is 333 g/mol. The fourth-order valence-corrected chi connectivity index (χ4v) is 3.72. The van der Waals surface area contributed by atoms with Gasteiger partial charge in [-0.05, 0) is 31.7 Å². The van der Waals surface area contributed by atoms with Gasteiger partial charge in [-0.15, -0.1) is 0 Å². The Kier molecular flexibility index (Phi) is 5.04. The molecule has 1 aromatic carbocycles. The van der Waals surface area contributed by atoms with Crippen molar-refractivity contribution in [2.24, 2.45) is 0 Å². The van der Waals surface area contributed by atoms with Crippen LogP contribution in [-0.2, 0) is 14.3 Å². The number of rotatable bonds is 5. The molecule has 1 unspecified atom stereocenters. The highest BCUT2D eigenvalue weighted by molar-refractivity contribution is 5.78. The summed E-state index contributed by atoms with van der Waals surface area (Å²) in [5, 5.41) is 11.6. The molecule has 24 heavy (non-hydrogen) atoms. The van der Waals surface area contributed by atoms with Gasteiger partial charge in [0.1, 0.15) is 24.6 Å². The average Bonchev–Trinajstić information content (AvgIpc) is 2.55. The van der Waals surface area contributed by atoms with Gasteiger partial charge < -0.3 is 19.9 Å². The van der Waals surface area contributed by atoms with Gasteiger partial charge >= 0.3 is 5.97 Å². The van der Waals surface area contributed by atoms with E-state index in [0.717, 1.165) is 43.4 Å². The van der Waals surface area contributed by atoms with E-state index in [4.69, 9.17) is 14.6 Å². The SMILES string of the molecule is O=C(O)COCC(=O)NC1CC2(CCCCC2)Oc2ccccc21. The highest BCUT2D eigenvalue weighted by atomic mass is 16.5. The van der Waals surface area contributed by atoms with Crippen LogP contribution in [0.2, 0.25) is 0 Å². The Hall–Kier alpha value is -2.08. The number of carboxylic acids is 1. The molecule has 1 aromatic rings. The molecule has 1 heterocycles. The molecule has 1 aliphatic heterocycles. The van der Waals surface area contributed by atoms with Crippen molar-refractivity contribution in [2.75, 3.05) is 13.2 Å². The van der Waals surface area contributed by atoms with Crippen LogP contribution in [0.25, 0.3) is 0 Å². The molecule has 1 amide bonds. The second-order valence-electron chi connectivity index (χ2n) is 6.59. The number of ether oxygens (including phenoxy) is 2. The largest absolute Gasteiger partial charge is 0.487 e. The van der Waals surface area contributed by atoms with E-state index in [1.54, 1.807) is 0 Å². The Morgan fingerprint density at radius 3 is 2.71 bits per heavy atom. The maximum atomic E-state index is 12.1. The Balaban J connectivity index is 1.71. The highest BCUT2D eigenvalue weighted by Crippen LogP contribution is 2.45.